The van der Waals surface area contributed by atoms with Gasteiger partial charge in [-0.05, 0) is 29.9 Å². The number of aromatic nitrogens is 1. The van der Waals surface area contributed by atoms with E-state index in [-0.39, 0.29) is 31.6 Å². The largest absolute Gasteiger partial charge is 0.395 e. The number of nitrogens with zero attached hydrogens (tertiary/aromatic N) is 2. The van der Waals surface area contributed by atoms with Crippen molar-refractivity contribution < 1.29 is 14.7 Å². The van der Waals surface area contributed by atoms with Crippen LogP contribution in [-0.2, 0) is 4.79 Å². The number of carbonyl (C=O) groups is 2. The maximum atomic E-state index is 13.4. The van der Waals surface area contributed by atoms with Crippen molar-refractivity contribution >= 4 is 40.4 Å². The number of nitrogens with one attached hydrogen (secondary N) is 2. The minimum atomic E-state index is -0.635. The summed E-state index contributed by atoms with van der Waals surface area (Å²) in [5, 5.41) is 17.5. The van der Waals surface area contributed by atoms with Crippen LogP contribution in [-0.4, -0.2) is 52.7 Å². The molecule has 0 radical (unpaired) electrons. The number of thiophene rings is 1. The van der Waals surface area contributed by atoms with Crippen molar-refractivity contribution in [2.75, 3.05) is 25.1 Å². The number of amides is 2. The first kappa shape index (κ1) is 23.5. The highest BCUT2D eigenvalue weighted by molar-refractivity contribution is 7.12. The molecule has 0 aromatic carbocycles. The molecule has 1 unspecified atom stereocenters. The first-order valence-corrected chi connectivity index (χ1v) is 11.9. The zero-order valence-corrected chi connectivity index (χ0v) is 19.0. The molecule has 2 amide bonds. The number of aliphatic hydroxyl groups is 1. The van der Waals surface area contributed by atoms with E-state index in [0.29, 0.717) is 27.9 Å². The number of hydrogen-bond donors (Lipinski definition) is 3. The molecule has 1 saturated carbocycles. The summed E-state index contributed by atoms with van der Waals surface area (Å²) in [7, 11) is 0. The lowest BCUT2D eigenvalue weighted by Crippen LogP contribution is -2.52. The predicted molar refractivity (Wildman–Crippen MR) is 123 cm³/mol. The fraction of sp³-hybridized carbons (Fsp3) is 0.500. The average molecular weight is 465 g/mol. The Balaban J connectivity index is 1.84. The Hall–Kier alpha value is -2.16. The molecule has 3 N–H and O–H groups in total. The van der Waals surface area contributed by atoms with Gasteiger partial charge in [0.1, 0.15) is 6.04 Å². The molecule has 1 aliphatic rings. The van der Waals surface area contributed by atoms with Gasteiger partial charge in [0.2, 0.25) is 5.91 Å². The highest BCUT2D eigenvalue weighted by Crippen LogP contribution is 2.29. The lowest BCUT2D eigenvalue weighted by Gasteiger charge is -2.34. The topological polar surface area (TPSA) is 94.6 Å². The van der Waals surface area contributed by atoms with Gasteiger partial charge in [0.25, 0.3) is 5.91 Å². The van der Waals surface area contributed by atoms with Gasteiger partial charge >= 0.3 is 0 Å². The number of carbonyl (C=O) groups excluding carboxylic acids is 2. The summed E-state index contributed by atoms with van der Waals surface area (Å²) in [5.41, 5.74) is 0.670. The summed E-state index contributed by atoms with van der Waals surface area (Å²) in [6.07, 6.45) is 9.43. The minimum Gasteiger partial charge on any atom is -0.395 e. The van der Waals surface area contributed by atoms with Crippen LogP contribution in [0.4, 0.5) is 5.69 Å². The Kier molecular flexibility index (Phi) is 9.12. The third-order valence-corrected chi connectivity index (χ3v) is 6.59. The van der Waals surface area contributed by atoms with Crippen molar-refractivity contribution in [1.29, 1.82) is 0 Å². The minimum absolute atomic E-state index is 0.142. The van der Waals surface area contributed by atoms with E-state index >= 15 is 0 Å². The summed E-state index contributed by atoms with van der Waals surface area (Å²) in [6.45, 7) is 0.155. The zero-order chi connectivity index (χ0) is 22.1. The molecule has 9 heteroatoms. The summed E-state index contributed by atoms with van der Waals surface area (Å²) >= 11 is 7.39. The third-order valence-electron chi connectivity index (χ3n) is 5.52. The van der Waals surface area contributed by atoms with Crippen molar-refractivity contribution in [3.63, 3.8) is 0 Å². The fourth-order valence-corrected chi connectivity index (χ4v) is 4.81. The second-order valence-electron chi connectivity index (χ2n) is 7.75. The van der Waals surface area contributed by atoms with Crippen molar-refractivity contribution in [2.45, 2.75) is 44.6 Å². The summed E-state index contributed by atoms with van der Waals surface area (Å²) in [6, 6.07) is 4.69. The van der Waals surface area contributed by atoms with Gasteiger partial charge in [-0.2, -0.15) is 0 Å². The van der Waals surface area contributed by atoms with Gasteiger partial charge in [0.15, 0.2) is 0 Å². The van der Waals surface area contributed by atoms with Crippen LogP contribution in [0.25, 0.3) is 0 Å². The molecule has 0 saturated heterocycles. The monoisotopic (exact) mass is 464 g/mol. The quantitative estimate of drug-likeness (QED) is 0.465. The van der Waals surface area contributed by atoms with Crippen LogP contribution < -0.4 is 10.6 Å². The molecule has 1 atom stereocenters. The van der Waals surface area contributed by atoms with Gasteiger partial charge in [0, 0.05) is 12.7 Å². The van der Waals surface area contributed by atoms with Crippen LogP contribution in [0, 0.1) is 5.92 Å². The van der Waals surface area contributed by atoms with E-state index in [0.717, 1.165) is 25.7 Å². The van der Waals surface area contributed by atoms with Crippen molar-refractivity contribution in [3.8, 4) is 0 Å². The van der Waals surface area contributed by atoms with E-state index in [1.807, 2.05) is 11.4 Å². The molecule has 0 bridgehead atoms. The highest BCUT2D eigenvalue weighted by Gasteiger charge is 2.33. The molecule has 1 fully saturated rings. The second kappa shape index (κ2) is 12.0. The maximum absolute atomic E-state index is 13.4. The van der Waals surface area contributed by atoms with Crippen LogP contribution in [0.3, 0.4) is 0 Å². The molecule has 0 spiro atoms. The number of anilines is 1. The van der Waals surface area contributed by atoms with E-state index in [9.17, 15) is 9.59 Å². The van der Waals surface area contributed by atoms with E-state index in [4.69, 9.17) is 16.7 Å². The zero-order valence-electron chi connectivity index (χ0n) is 17.4. The fourth-order valence-electron chi connectivity index (χ4n) is 3.96. The lowest BCUT2D eigenvalue weighted by atomic mass is 9.84. The molecule has 3 rings (SSSR count). The number of rotatable bonds is 10. The molecule has 1 aliphatic carbocycles. The SMILES string of the molecule is O=C(NCCO)C(CC1CCCCC1)N(CNc1cncc(Cl)c1)C(=O)c1cccs1. The molecule has 0 aliphatic heterocycles. The standard InChI is InChI=1S/C22H29ClN4O3S/c23-17-12-18(14-24-13-17)26-15-27(22(30)20-7-4-10-31-20)19(21(29)25-8-9-28)11-16-5-2-1-3-6-16/h4,7,10,12-14,16,19,26,28H,1-3,5-6,8-9,11,15H2,(H,25,29). The highest BCUT2D eigenvalue weighted by atomic mass is 35.5. The van der Waals surface area contributed by atoms with Crippen molar-refractivity contribution in [1.82, 2.24) is 15.2 Å². The average Bonchev–Trinajstić information content (AvgIpc) is 3.32. The molecule has 7 nitrogen and oxygen atoms in total. The number of pyridine rings is 1. The Morgan fingerprint density at radius 2 is 2.10 bits per heavy atom. The normalized spacial score (nSPS) is 15.3. The molecule has 31 heavy (non-hydrogen) atoms. The van der Waals surface area contributed by atoms with Gasteiger partial charge in [-0.1, -0.05) is 49.8 Å². The Morgan fingerprint density at radius 3 is 2.77 bits per heavy atom. The molecule has 2 aromatic rings. The van der Waals surface area contributed by atoms with Gasteiger partial charge in [0.05, 0.1) is 35.1 Å². The molecular weight excluding hydrogens is 436 g/mol. The second-order valence-corrected chi connectivity index (χ2v) is 9.13. The van der Waals surface area contributed by atoms with Gasteiger partial charge < -0.3 is 20.6 Å². The van der Waals surface area contributed by atoms with E-state index in [1.165, 1.54) is 24.0 Å². The first-order chi connectivity index (χ1) is 15.1. The van der Waals surface area contributed by atoms with Crippen molar-refractivity contribution in [2.24, 2.45) is 5.92 Å². The van der Waals surface area contributed by atoms with Crippen LogP contribution in [0.15, 0.2) is 36.0 Å². The summed E-state index contributed by atoms with van der Waals surface area (Å²) in [5.74, 6) is -0.0434. The first-order valence-electron chi connectivity index (χ1n) is 10.7. The molecule has 2 aromatic heterocycles. The summed E-state index contributed by atoms with van der Waals surface area (Å²) < 4.78 is 0. The Bertz CT molecular complexity index is 843. The van der Waals surface area contributed by atoms with E-state index in [1.54, 1.807) is 23.2 Å². The van der Waals surface area contributed by atoms with Gasteiger partial charge in [-0.25, -0.2) is 0 Å². The van der Waals surface area contributed by atoms with E-state index < -0.39 is 6.04 Å². The smallest absolute Gasteiger partial charge is 0.266 e. The predicted octanol–water partition coefficient (Wildman–Crippen LogP) is 3.76. The Morgan fingerprint density at radius 1 is 1.29 bits per heavy atom. The van der Waals surface area contributed by atoms with Crippen LogP contribution in [0.5, 0.6) is 0 Å². The molecule has 2 heterocycles. The molecular formula is C22H29ClN4O3S. The van der Waals surface area contributed by atoms with Crippen LogP contribution >= 0.6 is 22.9 Å². The van der Waals surface area contributed by atoms with E-state index in [2.05, 4.69) is 15.6 Å². The number of hydrogen-bond acceptors (Lipinski definition) is 6. The maximum Gasteiger partial charge on any atom is 0.266 e. The van der Waals surface area contributed by atoms with Gasteiger partial charge in [-0.3, -0.25) is 14.6 Å². The number of halogens is 1. The lowest BCUT2D eigenvalue weighted by molar-refractivity contribution is -0.126. The summed E-state index contributed by atoms with van der Waals surface area (Å²) in [4.78, 5) is 32.7. The van der Waals surface area contributed by atoms with Crippen LogP contribution in [0.2, 0.25) is 5.02 Å². The van der Waals surface area contributed by atoms with Crippen molar-refractivity contribution in [3.05, 3.63) is 45.9 Å². The van der Waals surface area contributed by atoms with Crippen LogP contribution in [0.1, 0.15) is 48.2 Å². The Labute approximate surface area is 191 Å². The molecule has 168 valence electrons. The van der Waals surface area contributed by atoms with Gasteiger partial charge in [-0.15, -0.1) is 11.3 Å². The third kappa shape index (κ3) is 6.92. The number of aliphatic hydroxyl groups excluding tert-OH is 1.